The van der Waals surface area contributed by atoms with E-state index in [0.717, 1.165) is 35.5 Å². The molecule has 2 N–H and O–H groups in total. The first-order chi connectivity index (χ1) is 16.4. The SMILES string of the molecule is CC1C[C@@H]2C[C@H](C1)CC(C)([C@@H](CO)OCCOCCO[C@H](CO)C13CC4CC(CC(C4)C1)C3)C2. The average molecular weight is 479 g/mol. The van der Waals surface area contributed by atoms with E-state index in [2.05, 4.69) is 13.8 Å². The maximum Gasteiger partial charge on any atom is 0.0863 e. The van der Waals surface area contributed by atoms with Crippen molar-refractivity contribution in [3.8, 4) is 0 Å². The summed E-state index contributed by atoms with van der Waals surface area (Å²) in [5, 5.41) is 20.2. The van der Waals surface area contributed by atoms with Crippen molar-refractivity contribution in [2.24, 2.45) is 46.3 Å². The highest BCUT2D eigenvalue weighted by Gasteiger charge is 2.54. The van der Waals surface area contributed by atoms with Crippen molar-refractivity contribution >= 4 is 0 Å². The summed E-state index contributed by atoms with van der Waals surface area (Å²) < 4.78 is 18.3. The number of rotatable bonds is 12. The molecule has 0 spiro atoms. The van der Waals surface area contributed by atoms with E-state index < -0.39 is 0 Å². The minimum absolute atomic E-state index is 0.0343. The second-order valence-electron chi connectivity index (χ2n) is 13.6. The summed E-state index contributed by atoms with van der Waals surface area (Å²) in [6, 6.07) is 0. The van der Waals surface area contributed by atoms with Crippen LogP contribution in [0.2, 0.25) is 0 Å². The largest absolute Gasteiger partial charge is 0.394 e. The summed E-state index contributed by atoms with van der Waals surface area (Å²) in [5.74, 6) is 5.05. The van der Waals surface area contributed by atoms with Crippen LogP contribution in [0.3, 0.4) is 0 Å². The smallest absolute Gasteiger partial charge is 0.0863 e. The molecule has 5 nitrogen and oxygen atoms in total. The van der Waals surface area contributed by atoms with Gasteiger partial charge in [-0.1, -0.05) is 13.8 Å². The molecule has 6 rings (SSSR count). The number of hydrogen-bond donors (Lipinski definition) is 2. The van der Waals surface area contributed by atoms with Crippen molar-refractivity contribution in [2.75, 3.05) is 39.6 Å². The van der Waals surface area contributed by atoms with Gasteiger partial charge in [0.1, 0.15) is 0 Å². The normalized spacial score (nSPS) is 44.8. The molecule has 6 bridgehead atoms. The van der Waals surface area contributed by atoms with Crippen LogP contribution in [0.25, 0.3) is 0 Å². The van der Waals surface area contributed by atoms with Crippen molar-refractivity contribution in [3.63, 3.8) is 0 Å². The molecule has 6 fully saturated rings. The van der Waals surface area contributed by atoms with E-state index in [4.69, 9.17) is 14.2 Å². The van der Waals surface area contributed by atoms with Crippen molar-refractivity contribution in [1.82, 2.24) is 0 Å². The van der Waals surface area contributed by atoms with Crippen LogP contribution in [0.5, 0.6) is 0 Å². The van der Waals surface area contributed by atoms with E-state index in [0.29, 0.717) is 26.4 Å². The third-order valence-corrected chi connectivity index (χ3v) is 10.6. The van der Waals surface area contributed by atoms with E-state index in [-0.39, 0.29) is 36.3 Å². The predicted molar refractivity (Wildman–Crippen MR) is 132 cm³/mol. The zero-order valence-corrected chi connectivity index (χ0v) is 21.8. The number of aliphatic hydroxyl groups excluding tert-OH is 2. The summed E-state index contributed by atoms with van der Waals surface area (Å²) in [7, 11) is 0. The molecule has 0 radical (unpaired) electrons. The average Bonchev–Trinajstić information content (AvgIpc) is 2.76. The van der Waals surface area contributed by atoms with Crippen molar-refractivity contribution < 1.29 is 24.4 Å². The molecule has 0 aromatic rings. The molecule has 0 heterocycles. The Balaban J connectivity index is 1.01. The van der Waals surface area contributed by atoms with Gasteiger partial charge in [0.2, 0.25) is 0 Å². The predicted octanol–water partition coefficient (Wildman–Crippen LogP) is 4.83. The molecule has 0 aliphatic heterocycles. The van der Waals surface area contributed by atoms with Crippen LogP contribution in [-0.4, -0.2) is 62.1 Å². The lowest BCUT2D eigenvalue weighted by atomic mass is 9.48. The topological polar surface area (TPSA) is 68.2 Å². The van der Waals surface area contributed by atoms with Gasteiger partial charge >= 0.3 is 0 Å². The van der Waals surface area contributed by atoms with Gasteiger partial charge < -0.3 is 24.4 Å². The second-order valence-corrected chi connectivity index (χ2v) is 13.6. The number of aliphatic hydroxyl groups is 2. The Labute approximate surface area is 207 Å². The van der Waals surface area contributed by atoms with E-state index in [1.807, 2.05) is 0 Å². The maximum atomic E-state index is 10.1. The van der Waals surface area contributed by atoms with Gasteiger partial charge in [0.05, 0.1) is 51.8 Å². The standard InChI is InChI=1S/C29H50O5/c1-20-7-21-9-22(8-20)14-28(2,13-21)26(18-30)33-5-3-32-4-6-34-27(19-31)29-15-23-10-24(16-29)12-25(11-23)17-29/h20-27,30-31H,3-19H2,1-2H3/t20?,21-,22+,23?,24?,25?,26-,27-,28?,29?/m1/s1. The molecule has 0 amide bonds. The minimum Gasteiger partial charge on any atom is -0.394 e. The van der Waals surface area contributed by atoms with Crippen LogP contribution < -0.4 is 0 Å². The fourth-order valence-corrected chi connectivity index (χ4v) is 9.97. The van der Waals surface area contributed by atoms with Crippen molar-refractivity contribution in [1.29, 1.82) is 0 Å². The summed E-state index contributed by atoms with van der Waals surface area (Å²) in [5.41, 5.74) is 0.296. The van der Waals surface area contributed by atoms with E-state index >= 15 is 0 Å². The summed E-state index contributed by atoms with van der Waals surface area (Å²) in [6.45, 7) is 7.08. The Hall–Kier alpha value is -0.200. The van der Waals surface area contributed by atoms with E-state index in [1.165, 1.54) is 70.6 Å². The van der Waals surface area contributed by atoms with E-state index in [1.54, 1.807) is 0 Å². The molecular weight excluding hydrogens is 428 g/mol. The van der Waals surface area contributed by atoms with Gasteiger partial charge in [-0.05, 0) is 117 Å². The van der Waals surface area contributed by atoms with E-state index in [9.17, 15) is 10.2 Å². The summed E-state index contributed by atoms with van der Waals surface area (Å²) in [4.78, 5) is 0. The highest BCUT2D eigenvalue weighted by molar-refractivity contribution is 5.04. The zero-order valence-electron chi connectivity index (χ0n) is 21.8. The lowest BCUT2D eigenvalue weighted by molar-refractivity contribution is -0.161. The molecule has 6 aliphatic carbocycles. The first kappa shape index (κ1) is 25.4. The van der Waals surface area contributed by atoms with Crippen LogP contribution >= 0.6 is 0 Å². The summed E-state index contributed by atoms with van der Waals surface area (Å²) in [6.07, 6.45) is 14.3. The Morgan fingerprint density at radius 1 is 0.647 bits per heavy atom. The molecular formula is C29H50O5. The van der Waals surface area contributed by atoms with Crippen LogP contribution in [0, 0.1) is 46.3 Å². The number of fused-ring (bicyclic) bond motifs is 2. The first-order valence-corrected chi connectivity index (χ1v) is 14.4. The zero-order chi connectivity index (χ0) is 23.8. The minimum atomic E-state index is -0.0964. The van der Waals surface area contributed by atoms with Gasteiger partial charge in [-0.15, -0.1) is 0 Å². The third kappa shape index (κ3) is 5.39. The fourth-order valence-electron chi connectivity index (χ4n) is 9.97. The van der Waals surface area contributed by atoms with Crippen molar-refractivity contribution in [2.45, 2.75) is 96.7 Å². The molecule has 0 aromatic carbocycles. The Kier molecular flexibility index (Phi) is 7.97. The van der Waals surface area contributed by atoms with Crippen LogP contribution in [-0.2, 0) is 14.2 Å². The lowest BCUT2D eigenvalue weighted by Gasteiger charge is -2.59. The molecule has 2 unspecified atom stereocenters. The van der Waals surface area contributed by atoms with Crippen LogP contribution in [0.1, 0.15) is 84.5 Å². The fraction of sp³-hybridized carbons (Fsp3) is 1.00. The first-order valence-electron chi connectivity index (χ1n) is 14.4. The maximum absolute atomic E-state index is 10.1. The molecule has 0 saturated heterocycles. The van der Waals surface area contributed by atoms with Gasteiger partial charge in [0.15, 0.2) is 0 Å². The second kappa shape index (κ2) is 10.7. The lowest BCUT2D eigenvalue weighted by Crippen LogP contribution is -2.53. The Bertz CT molecular complexity index is 612. The van der Waals surface area contributed by atoms with Gasteiger partial charge in [0.25, 0.3) is 0 Å². The number of ether oxygens (including phenoxy) is 3. The molecule has 196 valence electrons. The molecule has 6 aliphatic rings. The quantitative estimate of drug-likeness (QED) is 0.393. The Morgan fingerprint density at radius 2 is 1.09 bits per heavy atom. The Morgan fingerprint density at radius 3 is 1.56 bits per heavy atom. The molecule has 6 atom stereocenters. The van der Waals surface area contributed by atoms with Crippen LogP contribution in [0.15, 0.2) is 0 Å². The van der Waals surface area contributed by atoms with Crippen LogP contribution in [0.4, 0.5) is 0 Å². The van der Waals surface area contributed by atoms with Gasteiger partial charge in [-0.2, -0.15) is 0 Å². The van der Waals surface area contributed by atoms with Crippen molar-refractivity contribution in [3.05, 3.63) is 0 Å². The molecule has 34 heavy (non-hydrogen) atoms. The number of hydrogen-bond acceptors (Lipinski definition) is 5. The van der Waals surface area contributed by atoms with Gasteiger partial charge in [0, 0.05) is 0 Å². The monoisotopic (exact) mass is 478 g/mol. The third-order valence-electron chi connectivity index (χ3n) is 10.6. The van der Waals surface area contributed by atoms with Gasteiger partial charge in [-0.25, -0.2) is 0 Å². The highest BCUT2D eigenvalue weighted by Crippen LogP contribution is 2.61. The summed E-state index contributed by atoms with van der Waals surface area (Å²) >= 11 is 0. The highest BCUT2D eigenvalue weighted by atomic mass is 16.6. The molecule has 5 heteroatoms. The molecule has 0 aromatic heterocycles. The molecule has 6 saturated carbocycles. The van der Waals surface area contributed by atoms with Gasteiger partial charge in [-0.3, -0.25) is 0 Å².